The van der Waals surface area contributed by atoms with Crippen molar-refractivity contribution in [3.8, 4) is 17.1 Å². The van der Waals surface area contributed by atoms with Gasteiger partial charge in [-0.05, 0) is 6.07 Å². The number of carbonyl (C=O) groups excluding carboxylic acids is 1. The second kappa shape index (κ2) is 6.05. The number of carbonyl (C=O) groups is 1. The lowest BCUT2D eigenvalue weighted by molar-refractivity contribution is -0.122. The molecule has 24 heavy (non-hydrogen) atoms. The first-order chi connectivity index (χ1) is 11.7. The molecule has 1 aliphatic heterocycles. The molecule has 3 aromatic rings. The molecule has 0 aliphatic carbocycles. The number of nitrogens with one attached hydrogen (secondary N) is 1. The summed E-state index contributed by atoms with van der Waals surface area (Å²) in [7, 11) is 0. The quantitative estimate of drug-likeness (QED) is 0.791. The first-order valence-electron chi connectivity index (χ1n) is 7.68. The van der Waals surface area contributed by atoms with E-state index in [1.165, 1.54) is 11.5 Å². The molecule has 0 saturated heterocycles. The van der Waals surface area contributed by atoms with Crippen LogP contribution in [0.25, 0.3) is 11.4 Å². The molecule has 1 amide bonds. The second-order valence-electron chi connectivity index (χ2n) is 5.64. The van der Waals surface area contributed by atoms with Gasteiger partial charge in [-0.2, -0.15) is 9.36 Å². The minimum atomic E-state index is -0.550. The molecule has 4 rings (SSSR count). The number of ether oxygens (including phenoxy) is 1. The van der Waals surface area contributed by atoms with Gasteiger partial charge in [-0.3, -0.25) is 10.1 Å². The maximum atomic E-state index is 12.5. The van der Waals surface area contributed by atoms with Crippen LogP contribution in [0.3, 0.4) is 0 Å². The number of benzene rings is 2. The molecule has 0 saturated carbocycles. The molecule has 1 aliphatic rings. The number of hydrogen-bond donors (Lipinski definition) is 1. The number of para-hydroxylation sites is 1. The van der Waals surface area contributed by atoms with E-state index in [-0.39, 0.29) is 11.8 Å². The van der Waals surface area contributed by atoms with Crippen LogP contribution in [0, 0.1) is 0 Å². The van der Waals surface area contributed by atoms with E-state index >= 15 is 0 Å². The van der Waals surface area contributed by atoms with Crippen LogP contribution in [0.1, 0.15) is 18.4 Å². The fourth-order valence-electron chi connectivity index (χ4n) is 2.80. The van der Waals surface area contributed by atoms with Crippen molar-refractivity contribution in [3.05, 3.63) is 60.2 Å². The Balaban J connectivity index is 1.49. The molecule has 0 spiro atoms. The molecule has 6 heteroatoms. The van der Waals surface area contributed by atoms with E-state index in [4.69, 9.17) is 4.74 Å². The zero-order valence-corrected chi connectivity index (χ0v) is 13.8. The average Bonchev–Trinajstić information content (AvgIpc) is 3.21. The Kier molecular flexibility index (Phi) is 3.74. The minimum Gasteiger partial charge on any atom is -0.480 e. The lowest BCUT2D eigenvalue weighted by Crippen LogP contribution is -2.33. The second-order valence-corrected chi connectivity index (χ2v) is 6.40. The molecule has 1 N–H and O–H groups in total. The third kappa shape index (κ3) is 2.65. The van der Waals surface area contributed by atoms with Gasteiger partial charge in [-0.25, -0.2) is 0 Å². The number of amides is 1. The van der Waals surface area contributed by atoms with Crippen LogP contribution >= 0.6 is 11.5 Å². The highest BCUT2D eigenvalue weighted by Crippen LogP contribution is 2.38. The molecule has 0 fully saturated rings. The number of anilines is 1. The molecule has 0 bridgehead atoms. The Morgan fingerprint density at radius 3 is 2.67 bits per heavy atom. The van der Waals surface area contributed by atoms with E-state index in [1.54, 1.807) is 0 Å². The van der Waals surface area contributed by atoms with Gasteiger partial charge in [0.05, 0.1) is 0 Å². The molecular formula is C18H15N3O2S. The number of nitrogens with zero attached hydrogens (tertiary/aromatic N) is 2. The van der Waals surface area contributed by atoms with E-state index in [0.29, 0.717) is 11.0 Å². The van der Waals surface area contributed by atoms with Gasteiger partial charge in [0, 0.05) is 28.6 Å². The molecule has 1 aromatic heterocycles. The van der Waals surface area contributed by atoms with Crippen LogP contribution in [0.5, 0.6) is 5.75 Å². The van der Waals surface area contributed by atoms with E-state index in [2.05, 4.69) is 14.7 Å². The largest absolute Gasteiger partial charge is 0.480 e. The van der Waals surface area contributed by atoms with Crippen molar-refractivity contribution in [1.29, 1.82) is 0 Å². The lowest BCUT2D eigenvalue weighted by Gasteiger charge is -2.13. The summed E-state index contributed by atoms with van der Waals surface area (Å²) in [5.41, 5.74) is 1.98. The fourth-order valence-corrected chi connectivity index (χ4v) is 3.39. The predicted octanol–water partition coefficient (Wildman–Crippen LogP) is 3.71. The minimum absolute atomic E-state index is 0.00251. The Bertz CT molecular complexity index is 879. The highest BCUT2D eigenvalue weighted by molar-refractivity contribution is 7.10. The summed E-state index contributed by atoms with van der Waals surface area (Å²) in [6, 6.07) is 17.4. The first kappa shape index (κ1) is 14.8. The highest BCUT2D eigenvalue weighted by atomic mass is 32.1. The van der Waals surface area contributed by atoms with Gasteiger partial charge >= 0.3 is 0 Å². The summed E-state index contributed by atoms with van der Waals surface area (Å²) >= 11 is 1.17. The van der Waals surface area contributed by atoms with Crippen LogP contribution in [0.15, 0.2) is 54.6 Å². The third-order valence-corrected chi connectivity index (χ3v) is 4.69. The summed E-state index contributed by atoms with van der Waals surface area (Å²) in [6.45, 7) is 1.99. The summed E-state index contributed by atoms with van der Waals surface area (Å²) in [5.74, 6) is 1.18. The molecule has 0 radical (unpaired) electrons. The van der Waals surface area contributed by atoms with E-state index < -0.39 is 6.10 Å². The molecular weight excluding hydrogens is 322 g/mol. The van der Waals surface area contributed by atoms with Crippen LogP contribution in [0.2, 0.25) is 0 Å². The van der Waals surface area contributed by atoms with Crippen LogP contribution < -0.4 is 10.1 Å². The van der Waals surface area contributed by atoms with Crippen LogP contribution in [0.4, 0.5) is 5.13 Å². The molecule has 2 heterocycles. The molecule has 2 atom stereocenters. The van der Waals surface area contributed by atoms with Crippen molar-refractivity contribution < 1.29 is 9.53 Å². The predicted molar refractivity (Wildman–Crippen MR) is 93.2 cm³/mol. The zero-order valence-electron chi connectivity index (χ0n) is 13.0. The summed E-state index contributed by atoms with van der Waals surface area (Å²) in [4.78, 5) is 16.9. The Morgan fingerprint density at radius 2 is 1.88 bits per heavy atom. The van der Waals surface area contributed by atoms with E-state index in [1.807, 2.05) is 61.5 Å². The maximum Gasteiger partial charge on any atom is 0.267 e. The third-order valence-electron chi connectivity index (χ3n) is 4.06. The van der Waals surface area contributed by atoms with Crippen molar-refractivity contribution in [2.45, 2.75) is 18.9 Å². The zero-order chi connectivity index (χ0) is 16.5. The fraction of sp³-hybridized carbons (Fsp3) is 0.167. The van der Waals surface area contributed by atoms with Gasteiger partial charge in [0.15, 0.2) is 11.9 Å². The maximum absolute atomic E-state index is 12.5. The topological polar surface area (TPSA) is 64.1 Å². The van der Waals surface area contributed by atoms with E-state index in [9.17, 15) is 4.79 Å². The summed E-state index contributed by atoms with van der Waals surface area (Å²) in [6.07, 6.45) is -0.550. The van der Waals surface area contributed by atoms with Crippen molar-refractivity contribution in [3.63, 3.8) is 0 Å². The smallest absolute Gasteiger partial charge is 0.267 e. The molecule has 5 nitrogen and oxygen atoms in total. The van der Waals surface area contributed by atoms with Crippen molar-refractivity contribution in [1.82, 2.24) is 9.36 Å². The SMILES string of the molecule is C[C@@H]1c2ccccc2O[C@@H]1C(=O)Nc1nc(-c2ccccc2)ns1. The number of aromatic nitrogens is 2. The van der Waals surface area contributed by atoms with Crippen LogP contribution in [-0.2, 0) is 4.79 Å². The van der Waals surface area contributed by atoms with Gasteiger partial charge in [-0.1, -0.05) is 55.5 Å². The standard InChI is InChI=1S/C18H15N3O2S/c1-11-13-9-5-6-10-14(13)23-15(11)17(22)20-18-19-16(21-24-18)12-7-3-2-4-8-12/h2-11,15H,1H3,(H,19,20,21,22)/t11-,15+/m1/s1. The molecule has 0 unspecified atom stereocenters. The average molecular weight is 337 g/mol. The molecule has 2 aromatic carbocycles. The first-order valence-corrected chi connectivity index (χ1v) is 8.45. The summed E-state index contributed by atoms with van der Waals surface area (Å²) in [5, 5.41) is 3.30. The lowest BCUT2D eigenvalue weighted by atomic mass is 9.97. The number of hydrogen-bond acceptors (Lipinski definition) is 5. The Labute approximate surface area is 143 Å². The van der Waals surface area contributed by atoms with Crippen molar-refractivity contribution in [2.24, 2.45) is 0 Å². The summed E-state index contributed by atoms with van der Waals surface area (Å²) < 4.78 is 10.1. The van der Waals surface area contributed by atoms with Gasteiger partial charge in [0.2, 0.25) is 5.13 Å². The van der Waals surface area contributed by atoms with Gasteiger partial charge in [0.25, 0.3) is 5.91 Å². The number of rotatable bonds is 3. The van der Waals surface area contributed by atoms with Crippen LogP contribution in [-0.4, -0.2) is 21.4 Å². The Morgan fingerprint density at radius 1 is 1.12 bits per heavy atom. The van der Waals surface area contributed by atoms with Gasteiger partial charge in [-0.15, -0.1) is 0 Å². The monoisotopic (exact) mass is 337 g/mol. The van der Waals surface area contributed by atoms with Crippen molar-refractivity contribution in [2.75, 3.05) is 5.32 Å². The van der Waals surface area contributed by atoms with E-state index in [0.717, 1.165) is 16.9 Å². The van der Waals surface area contributed by atoms with Gasteiger partial charge < -0.3 is 4.74 Å². The normalized spacial score (nSPS) is 18.7. The number of fused-ring (bicyclic) bond motifs is 1. The van der Waals surface area contributed by atoms with Crippen molar-refractivity contribution >= 4 is 22.6 Å². The molecule has 120 valence electrons. The Hall–Kier alpha value is -2.73. The highest BCUT2D eigenvalue weighted by Gasteiger charge is 2.36. The van der Waals surface area contributed by atoms with Gasteiger partial charge in [0.1, 0.15) is 5.75 Å².